The Bertz CT molecular complexity index is 4600. The van der Waals surface area contributed by atoms with Gasteiger partial charge in [0.05, 0.1) is 30.5 Å². The molecule has 0 spiro atoms. The van der Waals surface area contributed by atoms with Crippen molar-refractivity contribution in [1.82, 2.24) is 77.0 Å². The molecule has 7 rings (SSSR count). The molecule has 15 atom stereocenters. The van der Waals surface area contributed by atoms with Crippen LogP contribution in [0.15, 0.2) is 85.2 Å². The molecule has 2 aliphatic rings. The molecule has 2 aliphatic heterocycles. The van der Waals surface area contributed by atoms with E-state index in [4.69, 9.17) is 17.2 Å². The Balaban J connectivity index is 0.974. The zero-order valence-corrected chi connectivity index (χ0v) is 72.7. The van der Waals surface area contributed by atoms with E-state index in [2.05, 4.69) is 52.5 Å². The number of H-pyrrole nitrogens is 2. The van der Waals surface area contributed by atoms with Crippen molar-refractivity contribution in [3.8, 4) is 5.75 Å². The summed E-state index contributed by atoms with van der Waals surface area (Å²) < 4.78 is 0. The Morgan fingerprint density at radius 3 is 1.70 bits per heavy atom. The van der Waals surface area contributed by atoms with Crippen molar-refractivity contribution in [2.24, 2.45) is 23.1 Å². The van der Waals surface area contributed by atoms with Crippen LogP contribution in [0.25, 0.3) is 21.8 Å². The maximum atomic E-state index is 15.1. The minimum Gasteiger partial charge on any atom is -0.508 e. The van der Waals surface area contributed by atoms with Gasteiger partial charge in [0, 0.05) is 106 Å². The first-order valence-corrected chi connectivity index (χ1v) is 43.0. The number of carbonyl (C=O) groups excluding carboxylic acids is 15. The highest BCUT2D eigenvalue weighted by atomic mass is 32.2. The standard InChI is InChI=1S/C85H122N18O20S/c1-11-13-24-67(100(9)85(123)69(25-14-12-2)101(10)82(120)63(37-52-41-90-59-23-18-16-21-56(52)59)95-78(116)65(43-104)97-76(114)57(87)36-51-40-89-58-22-17-15-20-55(51)58)79(117)91-47(5)74(112)98-66(73(88)111)44-124-45-71(108)92-62(35-50-27-29-53(106)30-28-50)81(119)99(8)48(6)75(113)93-60(31-32-72(109)110)83(121)102-33-19-26-68(102)80(118)96-64(39-86)77(115)94-61(34-46(3)4)84(122)103-42-54(107)38-70(103)49(7)105/h15-18,20-23,27-30,40-41,46-48,54,57,60-70,89-90,104,106-107H,11-14,19,24-26,31-39,42-45,86-87H2,1-10H3,(H2,88,111)(H,91,117)(H,92,108)(H,93,113)(H,94,115)(H,95,116)(H,96,118)(H,97,114)(H,98,112)(H,109,110)/t47-,48-,54+,57-,60-,61-,62-,63-,64-,65-,66-,67-,68-,69-,70-/m0/s1. The summed E-state index contributed by atoms with van der Waals surface area (Å²) in [5.74, 6) is -14.3. The van der Waals surface area contributed by atoms with E-state index in [0.717, 1.165) is 48.9 Å². The van der Waals surface area contributed by atoms with Gasteiger partial charge in [-0.15, -0.1) is 11.8 Å². The number of carboxylic acid groups (broad SMARTS) is 1. The molecule has 0 radical (unpaired) electrons. The second kappa shape index (κ2) is 47.4. The SMILES string of the molecule is CCCC[C@@H](C(=O)N(C)[C@@H](CCCC)C(=O)N[C@@H](C)C(=O)N[C@@H](CSCC(=O)N[C@@H](Cc1ccc(O)cc1)C(=O)N(C)[C@@H](C)C(=O)N[C@@H](CCC(=O)O)C(=O)N1CCC[C@H]1C(=O)N[C@@H](CN)C(=O)N[C@@H](CC(C)C)C(=O)N1C[C@H](O)C[C@H]1C(C)=O)C(N)=O)N(C)C(=O)[C@H](Cc1c[nH]c2ccccc12)NC(=O)[C@H](CO)NC(=O)[C@@H](N)Cc1c[nH]c2ccccc12. The fourth-order valence-corrected chi connectivity index (χ4v) is 16.0. The van der Waals surface area contributed by atoms with Crippen LogP contribution in [-0.2, 0) is 96.0 Å². The lowest BCUT2D eigenvalue weighted by atomic mass is 10.00. The third-order valence-corrected chi connectivity index (χ3v) is 23.5. The number of likely N-dealkylation sites (N-methyl/N-ethyl adjacent to an activating group) is 3. The zero-order chi connectivity index (χ0) is 91.5. The predicted octanol–water partition coefficient (Wildman–Crippen LogP) is -0.888. The van der Waals surface area contributed by atoms with E-state index in [1.54, 1.807) is 32.3 Å². The van der Waals surface area contributed by atoms with Crippen molar-refractivity contribution in [3.05, 3.63) is 102 Å². The average Bonchev–Trinajstić information content (AvgIpc) is 1.41. The fourth-order valence-electron chi connectivity index (χ4n) is 15.1. The minimum absolute atomic E-state index is 0.0205. The number of carboxylic acids is 1. The van der Waals surface area contributed by atoms with Gasteiger partial charge < -0.3 is 115 Å². The molecule has 14 amide bonds. The van der Waals surface area contributed by atoms with Gasteiger partial charge in [-0.2, -0.15) is 0 Å². The van der Waals surface area contributed by atoms with Crippen LogP contribution in [0.5, 0.6) is 5.75 Å². The number of nitrogens with two attached hydrogens (primary N) is 3. The third kappa shape index (κ3) is 27.5. The average molecular weight is 1750 g/mol. The summed E-state index contributed by atoms with van der Waals surface area (Å²) in [7, 11) is 4.03. The summed E-state index contributed by atoms with van der Waals surface area (Å²) in [5.41, 5.74) is 21.5. The van der Waals surface area contributed by atoms with Crippen LogP contribution < -0.4 is 59.7 Å². The summed E-state index contributed by atoms with van der Waals surface area (Å²) in [6.45, 7) is 9.75. The number of aromatic amines is 2. The van der Waals surface area contributed by atoms with Gasteiger partial charge in [0.1, 0.15) is 78.3 Å². The number of fused-ring (bicyclic) bond motifs is 2. The molecule has 2 fully saturated rings. The first-order chi connectivity index (χ1) is 58.8. The van der Waals surface area contributed by atoms with E-state index >= 15 is 9.59 Å². The number of likely N-dealkylation sites (tertiary alicyclic amines) is 2. The number of rotatable bonds is 48. The Kier molecular flexibility index (Phi) is 38.0. The molecule has 2 aromatic heterocycles. The molecule has 0 unspecified atom stereocenters. The lowest BCUT2D eigenvalue weighted by Gasteiger charge is -2.36. The predicted molar refractivity (Wildman–Crippen MR) is 460 cm³/mol. The number of ketones is 1. The number of phenols is 1. The van der Waals surface area contributed by atoms with Gasteiger partial charge in [-0.25, -0.2) is 0 Å². The quantitative estimate of drug-likeness (QED) is 0.0225. The molecule has 5 aromatic rings. The molecule has 2 saturated heterocycles. The van der Waals surface area contributed by atoms with Gasteiger partial charge in [-0.05, 0) is 113 Å². The number of hydrogen-bond donors (Lipinski definition) is 17. The molecule has 124 heavy (non-hydrogen) atoms. The van der Waals surface area contributed by atoms with Crippen LogP contribution in [0.4, 0.5) is 0 Å². The summed E-state index contributed by atoms with van der Waals surface area (Å²) in [6, 6.07) is 1.60. The maximum absolute atomic E-state index is 15.1. The highest BCUT2D eigenvalue weighted by Crippen LogP contribution is 2.27. The Labute approximate surface area is 723 Å². The monoisotopic (exact) mass is 1750 g/mol. The minimum atomic E-state index is -1.59. The highest BCUT2D eigenvalue weighted by molar-refractivity contribution is 8.00. The summed E-state index contributed by atoms with van der Waals surface area (Å²) >= 11 is 0.818. The largest absolute Gasteiger partial charge is 0.508 e. The van der Waals surface area contributed by atoms with Gasteiger partial charge in [-0.3, -0.25) is 76.7 Å². The molecule has 39 heteroatoms. The van der Waals surface area contributed by atoms with E-state index in [1.807, 2.05) is 56.3 Å². The normalized spacial score (nSPS) is 17.4. The van der Waals surface area contributed by atoms with Crippen molar-refractivity contribution in [1.29, 1.82) is 0 Å². The van der Waals surface area contributed by atoms with Crippen molar-refractivity contribution >= 4 is 128 Å². The summed E-state index contributed by atoms with van der Waals surface area (Å²) in [5, 5.41) is 63.2. The van der Waals surface area contributed by atoms with Crippen molar-refractivity contribution in [2.75, 3.05) is 58.9 Å². The third-order valence-electron chi connectivity index (χ3n) is 22.4. The van der Waals surface area contributed by atoms with Gasteiger partial charge in [0.15, 0.2) is 5.78 Å². The molecular formula is C85H122N18O20S. The molecule has 38 nitrogen and oxygen atoms in total. The molecule has 678 valence electrons. The van der Waals surface area contributed by atoms with Crippen LogP contribution in [0.1, 0.15) is 142 Å². The first-order valence-electron chi connectivity index (χ1n) is 41.9. The highest BCUT2D eigenvalue weighted by Gasteiger charge is 2.45. The molecule has 3 aromatic carbocycles. The number of carbonyl (C=O) groups is 16. The number of β-amino-alcohol motifs (C(OH)–C–C–N with tert-alkyl or cyclic N) is 1. The topological polar surface area (TPSA) is 576 Å². The number of primary amides is 1. The van der Waals surface area contributed by atoms with Gasteiger partial charge in [0.2, 0.25) is 82.7 Å². The second-order valence-corrected chi connectivity index (χ2v) is 33.3. The lowest BCUT2D eigenvalue weighted by Crippen LogP contribution is -2.60. The van der Waals surface area contributed by atoms with E-state index < -0.39 is 211 Å². The number of thioether (sulfide) groups is 1. The van der Waals surface area contributed by atoms with Crippen LogP contribution >= 0.6 is 11.8 Å². The fraction of sp³-hybridized carbons (Fsp3) is 0.553. The number of aromatic hydroxyl groups is 1. The number of nitrogens with zero attached hydrogens (tertiary/aromatic N) is 5. The number of benzene rings is 3. The van der Waals surface area contributed by atoms with Crippen LogP contribution in [0.3, 0.4) is 0 Å². The van der Waals surface area contributed by atoms with Crippen LogP contribution in [-0.4, -0.2) is 299 Å². The Morgan fingerprint density at radius 1 is 0.581 bits per heavy atom. The van der Waals surface area contributed by atoms with Gasteiger partial charge in [-0.1, -0.05) is 102 Å². The molecule has 0 aliphatic carbocycles. The lowest BCUT2D eigenvalue weighted by molar-refractivity contribution is -0.149. The second-order valence-electron chi connectivity index (χ2n) is 32.3. The first kappa shape index (κ1) is 99.6. The summed E-state index contributed by atoms with van der Waals surface area (Å²) in [6.07, 6.45) is 3.70. The van der Waals surface area contributed by atoms with E-state index in [1.165, 1.54) is 80.9 Å². The number of nitrogens with one attached hydrogen (secondary N) is 10. The van der Waals surface area contributed by atoms with Crippen LogP contribution in [0.2, 0.25) is 0 Å². The number of hydrogen-bond acceptors (Lipinski definition) is 22. The van der Waals surface area contributed by atoms with Crippen molar-refractivity contribution < 1.29 is 97.1 Å². The van der Waals surface area contributed by atoms with Crippen molar-refractivity contribution in [3.63, 3.8) is 0 Å². The van der Waals surface area contributed by atoms with E-state index in [-0.39, 0.29) is 94.1 Å². The summed E-state index contributed by atoms with van der Waals surface area (Å²) in [4.78, 5) is 235. The zero-order valence-electron chi connectivity index (χ0n) is 71.9. The number of aliphatic hydroxyl groups is 2. The van der Waals surface area contributed by atoms with E-state index in [9.17, 15) is 87.5 Å². The maximum Gasteiger partial charge on any atom is 0.303 e. The molecule has 0 saturated carbocycles. The van der Waals surface area contributed by atoms with Gasteiger partial charge >= 0.3 is 5.97 Å². The number of aliphatic hydroxyl groups excluding tert-OH is 2. The molecule has 0 bridgehead atoms. The number of aliphatic carboxylic acids is 1. The molecule has 4 heterocycles. The van der Waals surface area contributed by atoms with Crippen molar-refractivity contribution in [2.45, 2.75) is 235 Å². The molecule has 20 N–H and O–H groups in total. The smallest absolute Gasteiger partial charge is 0.303 e. The number of aromatic nitrogens is 2. The Morgan fingerprint density at radius 2 is 1.12 bits per heavy atom. The number of amides is 14. The number of Topliss-reactive ketones (excluding diaryl/α,β-unsaturated/α-hetero) is 1. The number of unbranched alkanes of at least 4 members (excludes halogenated alkanes) is 2. The van der Waals surface area contributed by atoms with Crippen LogP contribution in [0, 0.1) is 5.92 Å². The van der Waals surface area contributed by atoms with E-state index in [0.29, 0.717) is 36.8 Å². The molecular weight excluding hydrogens is 1630 g/mol. The number of para-hydroxylation sites is 2. The Hall–Kier alpha value is -11.6. The van der Waals surface area contributed by atoms with Gasteiger partial charge in [0.25, 0.3) is 0 Å². The number of phenolic OH excluding ortho intramolecular Hbond substituents is 1.